The summed E-state index contributed by atoms with van der Waals surface area (Å²) in [5, 5.41) is 6.29. The van der Waals surface area contributed by atoms with Crippen LogP contribution >= 0.6 is 11.6 Å². The van der Waals surface area contributed by atoms with E-state index in [1.807, 2.05) is 12.1 Å². The highest BCUT2D eigenvalue weighted by Crippen LogP contribution is 2.15. The van der Waals surface area contributed by atoms with Gasteiger partial charge < -0.3 is 5.32 Å². The van der Waals surface area contributed by atoms with Gasteiger partial charge in [0, 0.05) is 23.0 Å². The van der Waals surface area contributed by atoms with Gasteiger partial charge in [-0.25, -0.2) is 4.68 Å². The fourth-order valence-corrected chi connectivity index (χ4v) is 1.38. The summed E-state index contributed by atoms with van der Waals surface area (Å²) in [7, 11) is 0. The third-order valence-electron chi connectivity index (χ3n) is 2.03. The molecule has 0 bridgehead atoms. The van der Waals surface area contributed by atoms with Crippen molar-refractivity contribution >= 4 is 23.1 Å². The number of H-pyrrole nitrogens is 1. The van der Waals surface area contributed by atoms with Crippen LogP contribution in [0.25, 0.3) is 5.82 Å². The Morgan fingerprint density at radius 2 is 2.00 bits per heavy atom. The van der Waals surface area contributed by atoms with Crippen LogP contribution < -0.4 is 10.9 Å². The SMILES string of the molecule is C=C(Nc1ccc(Cl)cc1)n1ccc(=O)[nH]1. The van der Waals surface area contributed by atoms with Crippen LogP contribution in [-0.4, -0.2) is 9.78 Å². The van der Waals surface area contributed by atoms with Crippen LogP contribution in [0.4, 0.5) is 5.69 Å². The zero-order valence-electron chi connectivity index (χ0n) is 8.40. The van der Waals surface area contributed by atoms with Gasteiger partial charge in [0.15, 0.2) is 0 Å². The second kappa shape index (κ2) is 4.28. The molecular weight excluding hydrogens is 226 g/mol. The maximum absolute atomic E-state index is 10.9. The van der Waals surface area contributed by atoms with Gasteiger partial charge >= 0.3 is 0 Å². The van der Waals surface area contributed by atoms with Crippen molar-refractivity contribution in [2.45, 2.75) is 0 Å². The summed E-state index contributed by atoms with van der Waals surface area (Å²) >= 11 is 5.77. The second-order valence-electron chi connectivity index (χ2n) is 3.24. The molecule has 5 heteroatoms. The summed E-state index contributed by atoms with van der Waals surface area (Å²) in [5.41, 5.74) is 0.683. The van der Waals surface area contributed by atoms with Gasteiger partial charge in [-0.15, -0.1) is 0 Å². The highest BCUT2D eigenvalue weighted by Gasteiger charge is 1.98. The average molecular weight is 236 g/mol. The first-order chi connectivity index (χ1) is 7.65. The smallest absolute Gasteiger partial charge is 0.264 e. The summed E-state index contributed by atoms with van der Waals surface area (Å²) in [5.74, 6) is 0.560. The summed E-state index contributed by atoms with van der Waals surface area (Å²) in [6, 6.07) is 8.63. The minimum atomic E-state index is -0.168. The first-order valence-corrected chi connectivity index (χ1v) is 5.02. The summed E-state index contributed by atoms with van der Waals surface area (Å²) in [6.45, 7) is 3.80. The third kappa shape index (κ3) is 2.35. The molecular formula is C11H10ClN3O. The standard InChI is InChI=1S/C11H10ClN3O/c1-8(15-7-6-11(16)14-15)13-10-4-2-9(12)3-5-10/h2-7,13H,1H2,(H,14,16). The van der Waals surface area contributed by atoms with Crippen molar-refractivity contribution in [3.05, 3.63) is 58.5 Å². The molecule has 0 saturated heterocycles. The van der Waals surface area contributed by atoms with E-state index >= 15 is 0 Å². The van der Waals surface area contributed by atoms with Crippen LogP contribution in [0.3, 0.4) is 0 Å². The zero-order valence-corrected chi connectivity index (χ0v) is 9.16. The number of hydrogen-bond donors (Lipinski definition) is 2. The molecule has 2 rings (SSSR count). The quantitative estimate of drug-likeness (QED) is 0.858. The Morgan fingerprint density at radius 3 is 2.56 bits per heavy atom. The van der Waals surface area contributed by atoms with E-state index in [-0.39, 0.29) is 5.56 Å². The topological polar surface area (TPSA) is 49.8 Å². The van der Waals surface area contributed by atoms with Gasteiger partial charge in [-0.1, -0.05) is 18.2 Å². The minimum Gasteiger partial charge on any atom is -0.341 e. The van der Waals surface area contributed by atoms with Crippen LogP contribution in [-0.2, 0) is 0 Å². The molecule has 0 spiro atoms. The van der Waals surface area contributed by atoms with Crippen molar-refractivity contribution in [1.82, 2.24) is 9.78 Å². The summed E-state index contributed by atoms with van der Waals surface area (Å²) in [4.78, 5) is 10.9. The molecule has 82 valence electrons. The summed E-state index contributed by atoms with van der Waals surface area (Å²) < 4.78 is 1.51. The predicted octanol–water partition coefficient (Wildman–Crippen LogP) is 2.37. The largest absolute Gasteiger partial charge is 0.341 e. The highest BCUT2D eigenvalue weighted by atomic mass is 35.5. The van der Waals surface area contributed by atoms with Crippen molar-refractivity contribution in [2.24, 2.45) is 0 Å². The number of aromatic nitrogens is 2. The van der Waals surface area contributed by atoms with Crippen molar-refractivity contribution in [3.63, 3.8) is 0 Å². The molecule has 1 aromatic heterocycles. The van der Waals surface area contributed by atoms with Gasteiger partial charge in [0.1, 0.15) is 5.82 Å². The molecule has 1 heterocycles. The molecule has 0 atom stereocenters. The van der Waals surface area contributed by atoms with Crippen LogP contribution in [0.2, 0.25) is 5.02 Å². The number of nitrogens with one attached hydrogen (secondary N) is 2. The molecule has 0 saturated carbocycles. The first kappa shape index (κ1) is 10.6. The van der Waals surface area contributed by atoms with Crippen LogP contribution in [0.1, 0.15) is 0 Å². The number of nitrogens with zero attached hydrogens (tertiary/aromatic N) is 1. The van der Waals surface area contributed by atoms with Gasteiger partial charge in [-0.3, -0.25) is 9.89 Å². The Labute approximate surface area is 97.2 Å². The lowest BCUT2D eigenvalue weighted by atomic mass is 10.3. The molecule has 0 aliphatic rings. The van der Waals surface area contributed by atoms with Crippen molar-refractivity contribution in [1.29, 1.82) is 0 Å². The number of anilines is 1. The van der Waals surface area contributed by atoms with Crippen LogP contribution in [0.5, 0.6) is 0 Å². The first-order valence-electron chi connectivity index (χ1n) is 4.65. The van der Waals surface area contributed by atoms with E-state index in [2.05, 4.69) is 17.0 Å². The Balaban J connectivity index is 2.13. The van der Waals surface area contributed by atoms with E-state index in [0.29, 0.717) is 10.8 Å². The van der Waals surface area contributed by atoms with E-state index in [0.717, 1.165) is 5.69 Å². The average Bonchev–Trinajstić information content (AvgIpc) is 2.68. The van der Waals surface area contributed by atoms with Crippen LogP contribution in [0, 0.1) is 0 Å². The Hall–Kier alpha value is -1.94. The maximum Gasteiger partial charge on any atom is 0.264 e. The Kier molecular flexibility index (Phi) is 2.83. The van der Waals surface area contributed by atoms with Gasteiger partial charge in [0.2, 0.25) is 0 Å². The molecule has 1 aromatic carbocycles. The molecule has 0 aliphatic carbocycles. The summed E-state index contributed by atoms with van der Waals surface area (Å²) in [6.07, 6.45) is 1.60. The zero-order chi connectivity index (χ0) is 11.5. The normalized spacial score (nSPS) is 10.1. The lowest BCUT2D eigenvalue weighted by molar-refractivity contribution is 0.883. The van der Waals surface area contributed by atoms with Crippen molar-refractivity contribution in [3.8, 4) is 0 Å². The lowest BCUT2D eigenvalue weighted by Gasteiger charge is -2.09. The van der Waals surface area contributed by atoms with Crippen LogP contribution in [0.15, 0.2) is 47.9 Å². The molecule has 0 unspecified atom stereocenters. The molecule has 0 radical (unpaired) electrons. The number of hydrogen-bond acceptors (Lipinski definition) is 2. The monoisotopic (exact) mass is 235 g/mol. The molecule has 0 amide bonds. The van der Waals surface area contributed by atoms with E-state index in [9.17, 15) is 4.79 Å². The van der Waals surface area contributed by atoms with E-state index in [1.165, 1.54) is 10.7 Å². The molecule has 4 nitrogen and oxygen atoms in total. The maximum atomic E-state index is 10.9. The van der Waals surface area contributed by atoms with Gasteiger partial charge in [0.05, 0.1) is 0 Å². The number of benzene rings is 1. The van der Waals surface area contributed by atoms with E-state index in [1.54, 1.807) is 18.3 Å². The second-order valence-corrected chi connectivity index (χ2v) is 3.68. The highest BCUT2D eigenvalue weighted by molar-refractivity contribution is 6.30. The number of halogens is 1. The van der Waals surface area contributed by atoms with Crippen molar-refractivity contribution < 1.29 is 0 Å². The molecule has 0 aliphatic heterocycles. The molecule has 16 heavy (non-hydrogen) atoms. The fraction of sp³-hybridized carbons (Fsp3) is 0. The Morgan fingerprint density at radius 1 is 1.31 bits per heavy atom. The molecule has 2 aromatic rings. The number of aromatic amines is 1. The Bertz CT molecular complexity index is 553. The predicted molar refractivity (Wildman–Crippen MR) is 65.5 cm³/mol. The number of rotatable bonds is 3. The van der Waals surface area contributed by atoms with Crippen molar-refractivity contribution in [2.75, 3.05) is 5.32 Å². The van der Waals surface area contributed by atoms with Gasteiger partial charge in [0.25, 0.3) is 5.56 Å². The lowest BCUT2D eigenvalue weighted by Crippen LogP contribution is -2.09. The van der Waals surface area contributed by atoms with E-state index in [4.69, 9.17) is 11.6 Å². The molecule has 0 fully saturated rings. The fourth-order valence-electron chi connectivity index (χ4n) is 1.25. The van der Waals surface area contributed by atoms with Gasteiger partial charge in [-0.05, 0) is 24.3 Å². The molecule has 2 N–H and O–H groups in total. The third-order valence-corrected chi connectivity index (χ3v) is 2.28. The van der Waals surface area contributed by atoms with E-state index < -0.39 is 0 Å². The minimum absolute atomic E-state index is 0.168. The van der Waals surface area contributed by atoms with Gasteiger partial charge in [-0.2, -0.15) is 0 Å².